The molecule has 2 aliphatic rings. The first kappa shape index (κ1) is 13.2. The second-order valence-electron chi connectivity index (χ2n) is 5.79. The van der Waals surface area contributed by atoms with E-state index in [9.17, 15) is 0 Å². The van der Waals surface area contributed by atoms with Crippen molar-refractivity contribution in [1.29, 1.82) is 0 Å². The molecule has 0 radical (unpaired) electrons. The van der Waals surface area contributed by atoms with E-state index in [2.05, 4.69) is 39.4 Å². The standard InChI is InChI=1S/C15H19N5S/c16-11-5-3-7-20(9-11)15-17-14(18-19-15)13-8-10-4-1-2-6-12(10)21-13/h1-2,4,6,11,13H,3,5,7-9,16H2,(H,17,18,19). The molecule has 1 fully saturated rings. The number of thioether (sulfide) groups is 1. The summed E-state index contributed by atoms with van der Waals surface area (Å²) in [6.07, 6.45) is 3.24. The van der Waals surface area contributed by atoms with E-state index in [4.69, 9.17) is 10.7 Å². The third-order valence-electron chi connectivity index (χ3n) is 4.18. The predicted octanol–water partition coefficient (Wildman–Crippen LogP) is 2.12. The topological polar surface area (TPSA) is 70.8 Å². The lowest BCUT2D eigenvalue weighted by molar-refractivity contribution is 0.500. The van der Waals surface area contributed by atoms with Crippen LogP contribution >= 0.6 is 11.8 Å². The summed E-state index contributed by atoms with van der Waals surface area (Å²) in [7, 11) is 0. The summed E-state index contributed by atoms with van der Waals surface area (Å²) < 4.78 is 0. The molecule has 0 amide bonds. The van der Waals surface area contributed by atoms with Crippen LogP contribution in [0.1, 0.15) is 29.5 Å². The maximum atomic E-state index is 6.04. The Morgan fingerprint density at radius 1 is 1.33 bits per heavy atom. The van der Waals surface area contributed by atoms with Gasteiger partial charge in [0.1, 0.15) is 5.82 Å². The fraction of sp³-hybridized carbons (Fsp3) is 0.467. The first-order valence-electron chi connectivity index (χ1n) is 7.47. The van der Waals surface area contributed by atoms with Gasteiger partial charge in [0.2, 0.25) is 5.95 Å². The van der Waals surface area contributed by atoms with E-state index >= 15 is 0 Å². The number of nitrogens with one attached hydrogen (secondary N) is 1. The van der Waals surface area contributed by atoms with E-state index in [0.29, 0.717) is 5.25 Å². The molecular formula is C15H19N5S. The maximum absolute atomic E-state index is 6.04. The highest BCUT2D eigenvalue weighted by Crippen LogP contribution is 2.45. The molecule has 0 saturated carbocycles. The molecule has 1 saturated heterocycles. The van der Waals surface area contributed by atoms with E-state index in [1.54, 1.807) is 0 Å². The highest BCUT2D eigenvalue weighted by atomic mass is 32.2. The molecule has 2 aliphatic heterocycles. The second-order valence-corrected chi connectivity index (χ2v) is 7.03. The van der Waals surface area contributed by atoms with Crippen LogP contribution in [0.15, 0.2) is 29.2 Å². The van der Waals surface area contributed by atoms with Crippen molar-refractivity contribution in [3.8, 4) is 0 Å². The lowest BCUT2D eigenvalue weighted by atomic mass is 10.1. The summed E-state index contributed by atoms with van der Waals surface area (Å²) in [5.74, 6) is 1.78. The summed E-state index contributed by atoms with van der Waals surface area (Å²) in [4.78, 5) is 8.27. The van der Waals surface area contributed by atoms with Crippen molar-refractivity contribution in [2.24, 2.45) is 5.73 Å². The number of hydrogen-bond acceptors (Lipinski definition) is 5. The van der Waals surface area contributed by atoms with Gasteiger partial charge in [-0.05, 0) is 30.9 Å². The van der Waals surface area contributed by atoms with Gasteiger partial charge in [-0.2, -0.15) is 4.98 Å². The number of piperidine rings is 1. The van der Waals surface area contributed by atoms with Crippen LogP contribution in [0.3, 0.4) is 0 Å². The van der Waals surface area contributed by atoms with Crippen molar-refractivity contribution in [1.82, 2.24) is 15.2 Å². The third kappa shape index (κ3) is 2.53. The van der Waals surface area contributed by atoms with E-state index in [-0.39, 0.29) is 6.04 Å². The Labute approximate surface area is 128 Å². The number of benzene rings is 1. The molecule has 110 valence electrons. The van der Waals surface area contributed by atoms with Gasteiger partial charge in [0, 0.05) is 24.0 Å². The quantitative estimate of drug-likeness (QED) is 0.889. The van der Waals surface area contributed by atoms with Crippen molar-refractivity contribution in [3.05, 3.63) is 35.7 Å². The Morgan fingerprint density at radius 2 is 2.24 bits per heavy atom. The number of hydrogen-bond donors (Lipinski definition) is 2. The van der Waals surface area contributed by atoms with Gasteiger partial charge in [-0.1, -0.05) is 18.2 Å². The number of nitrogens with two attached hydrogens (primary N) is 1. The van der Waals surface area contributed by atoms with Gasteiger partial charge >= 0.3 is 0 Å². The molecular weight excluding hydrogens is 282 g/mol. The largest absolute Gasteiger partial charge is 0.338 e. The van der Waals surface area contributed by atoms with Gasteiger partial charge in [0.25, 0.3) is 0 Å². The molecule has 1 aromatic carbocycles. The number of rotatable bonds is 2. The number of H-pyrrole nitrogens is 1. The Bertz CT molecular complexity index is 615. The van der Waals surface area contributed by atoms with Crippen LogP contribution in [0.4, 0.5) is 5.95 Å². The lowest BCUT2D eigenvalue weighted by Crippen LogP contribution is -2.43. The number of anilines is 1. The number of aromatic amines is 1. The van der Waals surface area contributed by atoms with Crippen molar-refractivity contribution in [2.75, 3.05) is 18.0 Å². The molecule has 2 aromatic rings. The zero-order valence-electron chi connectivity index (χ0n) is 11.8. The molecule has 3 N–H and O–H groups in total. The molecule has 4 rings (SSSR count). The van der Waals surface area contributed by atoms with Crippen LogP contribution in [0.2, 0.25) is 0 Å². The molecule has 2 unspecified atom stereocenters. The molecule has 5 nitrogen and oxygen atoms in total. The van der Waals surface area contributed by atoms with E-state index < -0.39 is 0 Å². The molecule has 21 heavy (non-hydrogen) atoms. The van der Waals surface area contributed by atoms with Crippen LogP contribution in [0.5, 0.6) is 0 Å². The van der Waals surface area contributed by atoms with Crippen molar-refractivity contribution < 1.29 is 0 Å². The van der Waals surface area contributed by atoms with Gasteiger partial charge in [-0.3, -0.25) is 5.10 Å². The fourth-order valence-electron chi connectivity index (χ4n) is 3.08. The Morgan fingerprint density at radius 3 is 3.10 bits per heavy atom. The molecule has 6 heteroatoms. The molecule has 3 heterocycles. The van der Waals surface area contributed by atoms with Gasteiger partial charge in [0.15, 0.2) is 0 Å². The van der Waals surface area contributed by atoms with Gasteiger partial charge in [-0.25, -0.2) is 0 Å². The second kappa shape index (κ2) is 5.35. The van der Waals surface area contributed by atoms with Crippen molar-refractivity contribution in [3.63, 3.8) is 0 Å². The average Bonchev–Trinajstić information content (AvgIpc) is 3.14. The predicted molar refractivity (Wildman–Crippen MR) is 84.5 cm³/mol. The molecule has 0 spiro atoms. The number of fused-ring (bicyclic) bond motifs is 1. The molecule has 0 bridgehead atoms. The third-order valence-corrected chi connectivity index (χ3v) is 5.51. The Balaban J connectivity index is 1.51. The number of nitrogens with zero attached hydrogens (tertiary/aromatic N) is 3. The van der Waals surface area contributed by atoms with Crippen LogP contribution in [0.25, 0.3) is 0 Å². The van der Waals surface area contributed by atoms with Crippen LogP contribution in [-0.2, 0) is 6.42 Å². The summed E-state index contributed by atoms with van der Waals surface area (Å²) in [6, 6.07) is 8.81. The fourth-order valence-corrected chi connectivity index (χ4v) is 4.32. The first-order valence-corrected chi connectivity index (χ1v) is 8.35. The normalized spacial score (nSPS) is 25.1. The number of aromatic nitrogens is 3. The monoisotopic (exact) mass is 301 g/mol. The summed E-state index contributed by atoms with van der Waals surface area (Å²) in [5, 5.41) is 7.88. The lowest BCUT2D eigenvalue weighted by Gasteiger charge is -2.29. The smallest absolute Gasteiger partial charge is 0.244 e. The van der Waals surface area contributed by atoms with E-state index in [1.165, 1.54) is 10.5 Å². The zero-order chi connectivity index (χ0) is 14.2. The highest BCUT2D eigenvalue weighted by molar-refractivity contribution is 7.99. The van der Waals surface area contributed by atoms with Crippen molar-refractivity contribution in [2.45, 2.75) is 35.4 Å². The first-order chi connectivity index (χ1) is 10.3. The Kier molecular flexibility index (Phi) is 3.35. The minimum absolute atomic E-state index is 0.241. The summed E-state index contributed by atoms with van der Waals surface area (Å²) in [5.41, 5.74) is 7.45. The molecule has 0 aliphatic carbocycles. The van der Waals surface area contributed by atoms with Crippen molar-refractivity contribution >= 4 is 17.7 Å². The van der Waals surface area contributed by atoms with Crippen LogP contribution < -0.4 is 10.6 Å². The van der Waals surface area contributed by atoms with Crippen LogP contribution in [-0.4, -0.2) is 34.3 Å². The Hall–Kier alpha value is -1.53. The van der Waals surface area contributed by atoms with Gasteiger partial charge < -0.3 is 10.6 Å². The molecule has 1 aromatic heterocycles. The maximum Gasteiger partial charge on any atom is 0.244 e. The highest BCUT2D eigenvalue weighted by Gasteiger charge is 2.27. The van der Waals surface area contributed by atoms with Gasteiger partial charge in [-0.15, -0.1) is 16.9 Å². The minimum Gasteiger partial charge on any atom is -0.338 e. The SMILES string of the molecule is NC1CCCN(c2n[nH]c(C3Cc4ccccc4S3)n2)C1. The summed E-state index contributed by atoms with van der Waals surface area (Å²) in [6.45, 7) is 1.86. The molecule has 2 atom stereocenters. The minimum atomic E-state index is 0.241. The van der Waals surface area contributed by atoms with Crippen LogP contribution in [0, 0.1) is 0 Å². The summed E-state index contributed by atoms with van der Waals surface area (Å²) >= 11 is 1.87. The zero-order valence-corrected chi connectivity index (χ0v) is 12.6. The van der Waals surface area contributed by atoms with E-state index in [1.807, 2.05) is 11.8 Å². The van der Waals surface area contributed by atoms with Gasteiger partial charge in [0.05, 0.1) is 5.25 Å². The van der Waals surface area contributed by atoms with E-state index in [0.717, 1.165) is 44.1 Å². The average molecular weight is 301 g/mol.